The van der Waals surface area contributed by atoms with E-state index in [-0.39, 0.29) is 0 Å². The fourth-order valence-corrected chi connectivity index (χ4v) is 2.96. The molecule has 3 atom stereocenters. The van der Waals surface area contributed by atoms with E-state index in [4.69, 9.17) is 5.11 Å². The molecular formula is C20H32O3. The Morgan fingerprint density at radius 1 is 1.22 bits per heavy atom. The molecule has 1 aliphatic rings. The van der Waals surface area contributed by atoms with Gasteiger partial charge in [-0.15, -0.1) is 0 Å². The molecule has 1 rings (SSSR count). The molecule has 0 unspecified atom stereocenters. The summed E-state index contributed by atoms with van der Waals surface area (Å²) in [4.78, 5) is 10.4. The molecular weight excluding hydrogens is 288 g/mol. The van der Waals surface area contributed by atoms with Gasteiger partial charge in [0.15, 0.2) is 0 Å². The fraction of sp³-hybridized carbons (Fsp3) is 0.750. The first-order valence-corrected chi connectivity index (χ1v) is 9.19. The lowest BCUT2D eigenvalue weighted by molar-refractivity contribution is -0.137. The Bertz CT molecular complexity index is 416. The molecule has 0 saturated heterocycles. The van der Waals surface area contributed by atoms with E-state index in [2.05, 4.69) is 24.8 Å². The zero-order chi connectivity index (χ0) is 16.9. The number of aliphatic hydroxyl groups excluding tert-OH is 1. The zero-order valence-electron chi connectivity index (χ0n) is 14.5. The van der Waals surface area contributed by atoms with Gasteiger partial charge in [-0.25, -0.2) is 0 Å². The number of carboxylic acid groups (broad SMARTS) is 1. The average Bonchev–Trinajstić information content (AvgIpc) is 3.26. The normalized spacial score (nSPS) is 21.0. The van der Waals surface area contributed by atoms with Crippen LogP contribution in [0.5, 0.6) is 0 Å². The second-order valence-electron chi connectivity index (χ2n) is 6.68. The van der Waals surface area contributed by atoms with Crippen LogP contribution in [0.2, 0.25) is 0 Å². The second kappa shape index (κ2) is 12.2. The van der Waals surface area contributed by atoms with Crippen LogP contribution < -0.4 is 0 Å². The summed E-state index contributed by atoms with van der Waals surface area (Å²) < 4.78 is 0. The molecule has 1 fully saturated rings. The van der Waals surface area contributed by atoms with Crippen molar-refractivity contribution in [1.29, 1.82) is 0 Å². The van der Waals surface area contributed by atoms with Crippen molar-refractivity contribution < 1.29 is 15.0 Å². The largest absolute Gasteiger partial charge is 0.481 e. The number of carboxylic acids is 1. The first-order valence-electron chi connectivity index (χ1n) is 9.19. The van der Waals surface area contributed by atoms with E-state index >= 15 is 0 Å². The summed E-state index contributed by atoms with van der Waals surface area (Å²) in [6.07, 6.45) is 14.6. The smallest absolute Gasteiger partial charge is 0.303 e. The van der Waals surface area contributed by atoms with Gasteiger partial charge in [0.2, 0.25) is 0 Å². The van der Waals surface area contributed by atoms with Crippen LogP contribution in [0.1, 0.15) is 77.6 Å². The van der Waals surface area contributed by atoms with E-state index in [1.807, 2.05) is 6.08 Å². The average molecular weight is 320 g/mol. The minimum Gasteiger partial charge on any atom is -0.481 e. The topological polar surface area (TPSA) is 57.5 Å². The van der Waals surface area contributed by atoms with E-state index in [1.165, 1.54) is 25.7 Å². The van der Waals surface area contributed by atoms with Gasteiger partial charge in [-0.3, -0.25) is 4.79 Å². The zero-order valence-corrected chi connectivity index (χ0v) is 14.5. The van der Waals surface area contributed by atoms with Gasteiger partial charge in [-0.05, 0) is 56.4 Å². The molecule has 23 heavy (non-hydrogen) atoms. The van der Waals surface area contributed by atoms with Crippen molar-refractivity contribution in [3.63, 3.8) is 0 Å². The predicted molar refractivity (Wildman–Crippen MR) is 94.0 cm³/mol. The number of unbranched alkanes of at least 4 members (excludes halogenated alkanes) is 3. The molecule has 2 N–H and O–H groups in total. The Morgan fingerprint density at radius 3 is 2.74 bits per heavy atom. The summed E-state index contributed by atoms with van der Waals surface area (Å²) in [6, 6.07) is 0. The summed E-state index contributed by atoms with van der Waals surface area (Å²) >= 11 is 0. The van der Waals surface area contributed by atoms with E-state index in [1.54, 1.807) is 0 Å². The Morgan fingerprint density at radius 2 is 2.00 bits per heavy atom. The molecule has 0 aliphatic heterocycles. The number of aliphatic hydroxyl groups is 1. The highest BCUT2D eigenvalue weighted by Gasteiger charge is 2.34. The molecule has 0 spiro atoms. The molecule has 0 amide bonds. The molecule has 0 radical (unpaired) electrons. The molecule has 1 saturated carbocycles. The van der Waals surface area contributed by atoms with E-state index in [0.29, 0.717) is 6.42 Å². The van der Waals surface area contributed by atoms with Crippen LogP contribution in [0.25, 0.3) is 0 Å². The SMILES string of the molecule is CCCCC[C@@H](O)C#C/C=C\CC[C@@H]1C[C@H]1CCCCC(=O)O. The van der Waals surface area contributed by atoms with Crippen molar-refractivity contribution in [1.82, 2.24) is 0 Å². The summed E-state index contributed by atoms with van der Waals surface area (Å²) in [5.41, 5.74) is 0. The van der Waals surface area contributed by atoms with Crippen LogP contribution in [0.3, 0.4) is 0 Å². The number of aliphatic carboxylic acids is 1. The Balaban J connectivity index is 1.98. The molecule has 1 aliphatic carbocycles. The van der Waals surface area contributed by atoms with Gasteiger partial charge >= 0.3 is 5.97 Å². The van der Waals surface area contributed by atoms with Crippen molar-refractivity contribution in [3.8, 4) is 11.8 Å². The third-order valence-electron chi connectivity index (χ3n) is 4.52. The van der Waals surface area contributed by atoms with Crippen LogP contribution in [0, 0.1) is 23.7 Å². The van der Waals surface area contributed by atoms with Gasteiger partial charge in [0, 0.05) is 6.42 Å². The van der Waals surface area contributed by atoms with Gasteiger partial charge in [0.1, 0.15) is 6.10 Å². The predicted octanol–water partition coefficient (Wildman–Crippen LogP) is 4.55. The molecule has 0 heterocycles. The van der Waals surface area contributed by atoms with Gasteiger partial charge < -0.3 is 10.2 Å². The molecule has 130 valence electrons. The Labute approximate surface area is 141 Å². The van der Waals surface area contributed by atoms with Gasteiger partial charge in [-0.2, -0.15) is 0 Å². The summed E-state index contributed by atoms with van der Waals surface area (Å²) in [6.45, 7) is 2.15. The second-order valence-corrected chi connectivity index (χ2v) is 6.68. The molecule has 3 nitrogen and oxygen atoms in total. The third-order valence-corrected chi connectivity index (χ3v) is 4.52. The highest BCUT2D eigenvalue weighted by molar-refractivity contribution is 5.66. The van der Waals surface area contributed by atoms with Crippen molar-refractivity contribution in [2.24, 2.45) is 11.8 Å². The standard InChI is InChI=1S/C20H32O3/c1-2-3-6-13-19(21)14-8-5-4-7-11-17-16-18(17)12-9-10-15-20(22)23/h4-5,17-19,21H,2-3,6-7,9-13,15-16H2,1H3,(H,22,23)/b5-4-/t17-,18-,19-/m1/s1. The van der Waals surface area contributed by atoms with Gasteiger partial charge in [0.25, 0.3) is 0 Å². The summed E-state index contributed by atoms with van der Waals surface area (Å²) in [7, 11) is 0. The number of hydrogen-bond donors (Lipinski definition) is 2. The minimum absolute atomic E-state index is 0.309. The van der Waals surface area contributed by atoms with E-state index in [0.717, 1.165) is 50.4 Å². The monoisotopic (exact) mass is 320 g/mol. The van der Waals surface area contributed by atoms with Gasteiger partial charge in [0.05, 0.1) is 0 Å². The lowest BCUT2D eigenvalue weighted by Gasteiger charge is -2.00. The van der Waals surface area contributed by atoms with E-state index in [9.17, 15) is 9.90 Å². The van der Waals surface area contributed by atoms with E-state index < -0.39 is 12.1 Å². The molecule has 0 aromatic carbocycles. The number of carbonyl (C=O) groups is 1. The van der Waals surface area contributed by atoms with Crippen LogP contribution >= 0.6 is 0 Å². The minimum atomic E-state index is -0.681. The quantitative estimate of drug-likeness (QED) is 0.410. The van der Waals surface area contributed by atoms with Crippen molar-refractivity contribution in [2.45, 2.75) is 83.7 Å². The van der Waals surface area contributed by atoms with Crippen molar-refractivity contribution in [3.05, 3.63) is 12.2 Å². The Kier molecular flexibility index (Phi) is 10.5. The maximum absolute atomic E-state index is 10.4. The van der Waals surface area contributed by atoms with Crippen LogP contribution in [-0.4, -0.2) is 22.3 Å². The van der Waals surface area contributed by atoms with Crippen molar-refractivity contribution >= 4 is 5.97 Å². The first-order chi connectivity index (χ1) is 11.1. The number of rotatable bonds is 12. The number of allylic oxidation sites excluding steroid dienone is 2. The first kappa shape index (κ1) is 19.8. The molecule has 3 heteroatoms. The third kappa shape index (κ3) is 11.0. The summed E-state index contributed by atoms with van der Waals surface area (Å²) in [5.74, 6) is 6.77. The molecule has 0 bridgehead atoms. The highest BCUT2D eigenvalue weighted by atomic mass is 16.4. The fourth-order valence-electron chi connectivity index (χ4n) is 2.96. The maximum Gasteiger partial charge on any atom is 0.303 e. The molecule has 0 aromatic rings. The van der Waals surface area contributed by atoms with Crippen LogP contribution in [0.15, 0.2) is 12.2 Å². The highest BCUT2D eigenvalue weighted by Crippen LogP contribution is 2.45. The Hall–Kier alpha value is -1.27. The van der Waals surface area contributed by atoms with Gasteiger partial charge in [-0.1, -0.05) is 50.5 Å². The van der Waals surface area contributed by atoms with Crippen molar-refractivity contribution in [2.75, 3.05) is 0 Å². The summed E-state index contributed by atoms with van der Waals surface area (Å²) in [5, 5.41) is 18.2. The number of hydrogen-bond acceptors (Lipinski definition) is 2. The van der Waals surface area contributed by atoms with Crippen LogP contribution in [0.4, 0.5) is 0 Å². The lowest BCUT2D eigenvalue weighted by atomic mass is 10.1. The lowest BCUT2D eigenvalue weighted by Crippen LogP contribution is -2.01. The van der Waals surface area contributed by atoms with Crippen LogP contribution in [-0.2, 0) is 4.79 Å². The molecule has 0 aromatic heterocycles. The maximum atomic E-state index is 10.4.